The number of rotatable bonds is 3. The standard InChI is InChI=1S/C14H17F3N2O4/c15-14(16,17)8-1-3-9(4-2-8)18-13(23)19-10-5-7(6-20)11(21)12(10)22/h1-4,7,10-12,20-22H,5-6H2,(H2,18,19,23)/t7-,10-,11-,12+/m1/s1. The molecule has 0 radical (unpaired) electrons. The van der Waals surface area contributed by atoms with E-state index in [0.29, 0.717) is 0 Å². The first-order chi connectivity index (χ1) is 10.7. The van der Waals surface area contributed by atoms with Gasteiger partial charge in [0.25, 0.3) is 0 Å². The van der Waals surface area contributed by atoms with E-state index in [4.69, 9.17) is 5.11 Å². The number of nitrogens with one attached hydrogen (secondary N) is 2. The number of hydrogen-bond donors (Lipinski definition) is 5. The van der Waals surface area contributed by atoms with Gasteiger partial charge < -0.3 is 26.0 Å². The number of aliphatic hydroxyl groups is 3. The Kier molecular flexibility index (Phi) is 5.12. The normalized spacial score (nSPS) is 27.7. The molecule has 1 aliphatic rings. The van der Waals surface area contributed by atoms with Gasteiger partial charge in [0.05, 0.1) is 17.7 Å². The van der Waals surface area contributed by atoms with Crippen molar-refractivity contribution in [3.63, 3.8) is 0 Å². The van der Waals surface area contributed by atoms with Gasteiger partial charge in [-0.1, -0.05) is 0 Å². The van der Waals surface area contributed by atoms with Crippen LogP contribution in [0.2, 0.25) is 0 Å². The summed E-state index contributed by atoms with van der Waals surface area (Å²) in [5, 5.41) is 33.2. The fourth-order valence-corrected chi connectivity index (χ4v) is 2.53. The Balaban J connectivity index is 1.93. The zero-order valence-electron chi connectivity index (χ0n) is 11.9. The number of halogens is 3. The average Bonchev–Trinajstić information content (AvgIpc) is 2.74. The van der Waals surface area contributed by atoms with Gasteiger partial charge in [-0.2, -0.15) is 13.2 Å². The lowest BCUT2D eigenvalue weighted by atomic mass is 10.1. The molecule has 6 nitrogen and oxygen atoms in total. The average molecular weight is 334 g/mol. The van der Waals surface area contributed by atoms with Gasteiger partial charge in [0.2, 0.25) is 0 Å². The van der Waals surface area contributed by atoms with Crippen LogP contribution in [0.3, 0.4) is 0 Å². The summed E-state index contributed by atoms with van der Waals surface area (Å²) in [6.45, 7) is -0.322. The second kappa shape index (κ2) is 6.73. The molecule has 1 aliphatic carbocycles. The van der Waals surface area contributed by atoms with E-state index in [9.17, 15) is 28.2 Å². The minimum atomic E-state index is -4.45. The fourth-order valence-electron chi connectivity index (χ4n) is 2.53. The van der Waals surface area contributed by atoms with Gasteiger partial charge in [-0.05, 0) is 30.7 Å². The monoisotopic (exact) mass is 334 g/mol. The van der Waals surface area contributed by atoms with Crippen molar-refractivity contribution < 1.29 is 33.3 Å². The third-order valence-corrected chi connectivity index (χ3v) is 3.82. The summed E-state index contributed by atoms with van der Waals surface area (Å²) in [6, 6.07) is 2.42. The molecular formula is C14H17F3N2O4. The first-order valence-electron chi connectivity index (χ1n) is 6.94. The Morgan fingerprint density at radius 1 is 1.17 bits per heavy atom. The van der Waals surface area contributed by atoms with Crippen LogP contribution >= 0.6 is 0 Å². The van der Waals surface area contributed by atoms with Crippen molar-refractivity contribution in [2.75, 3.05) is 11.9 Å². The van der Waals surface area contributed by atoms with Crippen LogP contribution in [-0.4, -0.2) is 46.2 Å². The minimum absolute atomic E-state index is 0.155. The summed E-state index contributed by atoms with van der Waals surface area (Å²) >= 11 is 0. The maximum absolute atomic E-state index is 12.4. The molecule has 0 bridgehead atoms. The summed E-state index contributed by atoms with van der Waals surface area (Å²) in [4.78, 5) is 11.8. The first-order valence-corrected chi connectivity index (χ1v) is 6.94. The number of urea groups is 1. The molecule has 1 fully saturated rings. The van der Waals surface area contributed by atoms with Crippen LogP contribution in [0, 0.1) is 5.92 Å². The zero-order chi connectivity index (χ0) is 17.2. The Labute approximate surface area is 129 Å². The van der Waals surface area contributed by atoms with Crippen LogP contribution in [0.1, 0.15) is 12.0 Å². The van der Waals surface area contributed by atoms with Crippen molar-refractivity contribution in [1.82, 2.24) is 5.32 Å². The highest BCUT2D eigenvalue weighted by Gasteiger charge is 2.41. The largest absolute Gasteiger partial charge is 0.416 e. The molecule has 0 heterocycles. The highest BCUT2D eigenvalue weighted by molar-refractivity contribution is 5.89. The van der Waals surface area contributed by atoms with Crippen LogP contribution in [0.15, 0.2) is 24.3 Å². The number of hydrogen-bond acceptors (Lipinski definition) is 4. The topological polar surface area (TPSA) is 102 Å². The van der Waals surface area contributed by atoms with Crippen molar-refractivity contribution in [1.29, 1.82) is 0 Å². The van der Waals surface area contributed by atoms with E-state index in [1.54, 1.807) is 0 Å². The van der Waals surface area contributed by atoms with Crippen LogP contribution < -0.4 is 10.6 Å². The molecule has 2 amide bonds. The van der Waals surface area contributed by atoms with Crippen molar-refractivity contribution in [2.45, 2.75) is 30.8 Å². The molecule has 9 heteroatoms. The van der Waals surface area contributed by atoms with Gasteiger partial charge in [-0.25, -0.2) is 4.79 Å². The molecule has 0 saturated heterocycles. The molecule has 5 N–H and O–H groups in total. The third-order valence-electron chi connectivity index (χ3n) is 3.82. The van der Waals surface area contributed by atoms with E-state index < -0.39 is 41.9 Å². The van der Waals surface area contributed by atoms with Gasteiger partial charge in [-0.3, -0.25) is 0 Å². The summed E-state index contributed by atoms with van der Waals surface area (Å²) in [5.74, 6) is -0.540. The predicted molar refractivity (Wildman–Crippen MR) is 74.6 cm³/mol. The number of carbonyl (C=O) groups excluding carboxylic acids is 1. The zero-order valence-corrected chi connectivity index (χ0v) is 11.9. The van der Waals surface area contributed by atoms with Crippen molar-refractivity contribution in [3.05, 3.63) is 29.8 Å². The Morgan fingerprint density at radius 2 is 1.78 bits per heavy atom. The number of amides is 2. The van der Waals surface area contributed by atoms with E-state index in [1.165, 1.54) is 0 Å². The van der Waals surface area contributed by atoms with Crippen molar-refractivity contribution in [3.8, 4) is 0 Å². The molecule has 0 aliphatic heterocycles. The molecular weight excluding hydrogens is 317 g/mol. The van der Waals surface area contributed by atoms with Gasteiger partial charge in [0.1, 0.15) is 6.10 Å². The number of aliphatic hydroxyl groups excluding tert-OH is 3. The molecule has 23 heavy (non-hydrogen) atoms. The maximum atomic E-state index is 12.4. The molecule has 0 unspecified atom stereocenters. The highest BCUT2D eigenvalue weighted by atomic mass is 19.4. The van der Waals surface area contributed by atoms with Crippen molar-refractivity contribution in [2.24, 2.45) is 5.92 Å². The molecule has 1 aromatic rings. The first kappa shape index (κ1) is 17.5. The number of carbonyl (C=O) groups is 1. The summed E-state index contributed by atoms with van der Waals surface area (Å²) in [5.41, 5.74) is -0.675. The van der Waals surface area contributed by atoms with Crippen LogP contribution in [0.5, 0.6) is 0 Å². The predicted octanol–water partition coefficient (Wildman–Crippen LogP) is 0.929. The lowest BCUT2D eigenvalue weighted by Crippen LogP contribution is -2.44. The fraction of sp³-hybridized carbons (Fsp3) is 0.500. The highest BCUT2D eigenvalue weighted by Crippen LogP contribution is 2.30. The number of alkyl halides is 3. The summed E-state index contributed by atoms with van der Waals surface area (Å²) in [6.07, 6.45) is -6.62. The lowest BCUT2D eigenvalue weighted by molar-refractivity contribution is -0.137. The maximum Gasteiger partial charge on any atom is 0.416 e. The molecule has 2 rings (SSSR count). The van der Waals surface area contributed by atoms with Crippen LogP contribution in [-0.2, 0) is 6.18 Å². The van der Waals surface area contributed by atoms with Gasteiger partial charge in [0, 0.05) is 18.2 Å². The van der Waals surface area contributed by atoms with Crippen LogP contribution in [0.4, 0.5) is 23.7 Å². The van der Waals surface area contributed by atoms with Gasteiger partial charge >= 0.3 is 12.2 Å². The molecule has 4 atom stereocenters. The van der Waals surface area contributed by atoms with Gasteiger partial charge in [-0.15, -0.1) is 0 Å². The SMILES string of the molecule is O=C(Nc1ccc(C(F)(F)F)cc1)N[C@@H]1C[C@H](CO)[C@@H](O)[C@H]1O. The quantitative estimate of drug-likeness (QED) is 0.567. The molecule has 1 aromatic carbocycles. The summed E-state index contributed by atoms with van der Waals surface area (Å²) < 4.78 is 37.3. The molecule has 0 aromatic heterocycles. The third kappa shape index (κ3) is 4.12. The second-order valence-electron chi connectivity index (χ2n) is 5.44. The number of anilines is 1. The van der Waals surface area contributed by atoms with Crippen molar-refractivity contribution >= 4 is 11.7 Å². The van der Waals surface area contributed by atoms with E-state index >= 15 is 0 Å². The minimum Gasteiger partial charge on any atom is -0.396 e. The lowest BCUT2D eigenvalue weighted by Gasteiger charge is -2.18. The summed E-state index contributed by atoms with van der Waals surface area (Å²) in [7, 11) is 0. The van der Waals surface area contributed by atoms with Crippen LogP contribution in [0.25, 0.3) is 0 Å². The molecule has 1 saturated carbocycles. The Bertz CT molecular complexity index is 550. The molecule has 0 spiro atoms. The van der Waals surface area contributed by atoms with E-state index in [0.717, 1.165) is 24.3 Å². The Hall–Kier alpha value is -1.84. The smallest absolute Gasteiger partial charge is 0.396 e. The number of benzene rings is 1. The Morgan fingerprint density at radius 3 is 2.26 bits per heavy atom. The molecule has 128 valence electrons. The van der Waals surface area contributed by atoms with Gasteiger partial charge in [0.15, 0.2) is 0 Å². The van der Waals surface area contributed by atoms with E-state index in [1.807, 2.05) is 0 Å². The second-order valence-corrected chi connectivity index (χ2v) is 5.44. The van der Waals surface area contributed by atoms with E-state index in [-0.39, 0.29) is 18.7 Å². The van der Waals surface area contributed by atoms with E-state index in [2.05, 4.69) is 10.6 Å².